The maximum Gasteiger partial charge on any atom is 0.124 e. The van der Waals surface area contributed by atoms with Gasteiger partial charge in [-0.3, -0.25) is 4.68 Å². The zero-order chi connectivity index (χ0) is 14.7. The zero-order valence-corrected chi connectivity index (χ0v) is 12.3. The predicted molar refractivity (Wildman–Crippen MR) is 84.3 cm³/mol. The highest BCUT2D eigenvalue weighted by atomic mass is 16.5. The number of fused-ring (bicyclic) bond motifs is 1. The highest BCUT2D eigenvalue weighted by Gasteiger charge is 2.08. The van der Waals surface area contributed by atoms with Gasteiger partial charge in [-0.1, -0.05) is 30.3 Å². The molecule has 108 valence electrons. The predicted octanol–water partition coefficient (Wildman–Crippen LogP) is 2.87. The Balaban J connectivity index is 1.91. The molecule has 3 rings (SSSR count). The van der Waals surface area contributed by atoms with Crippen molar-refractivity contribution in [1.29, 1.82) is 0 Å². The van der Waals surface area contributed by atoms with Gasteiger partial charge in [-0.25, -0.2) is 0 Å². The first kappa shape index (κ1) is 13.6. The average Bonchev–Trinajstić information content (AvgIpc) is 2.92. The normalized spacial score (nSPS) is 11.0. The topological polar surface area (TPSA) is 39.1 Å². The summed E-state index contributed by atoms with van der Waals surface area (Å²) >= 11 is 0. The number of ether oxygens (including phenoxy) is 1. The maximum atomic E-state index is 6.00. The Kier molecular flexibility index (Phi) is 3.88. The molecule has 0 bridgehead atoms. The van der Waals surface area contributed by atoms with Crippen molar-refractivity contribution >= 4 is 10.8 Å². The second kappa shape index (κ2) is 5.97. The SMILES string of the molecule is CNCc1c(OCc2cnn(C)c2)ccc2ccccc12. The lowest BCUT2D eigenvalue weighted by molar-refractivity contribution is 0.303. The monoisotopic (exact) mass is 281 g/mol. The van der Waals surface area contributed by atoms with Crippen LogP contribution in [-0.2, 0) is 20.2 Å². The first-order chi connectivity index (χ1) is 10.3. The van der Waals surface area contributed by atoms with Crippen molar-refractivity contribution in [3.63, 3.8) is 0 Å². The Morgan fingerprint density at radius 2 is 2.05 bits per heavy atom. The molecule has 0 unspecified atom stereocenters. The van der Waals surface area contributed by atoms with Crippen molar-refractivity contribution < 1.29 is 4.74 Å². The Bertz CT molecular complexity index is 749. The van der Waals surface area contributed by atoms with Gasteiger partial charge in [-0.2, -0.15) is 5.10 Å². The number of aromatic nitrogens is 2. The van der Waals surface area contributed by atoms with Gasteiger partial charge in [-0.05, 0) is 23.9 Å². The van der Waals surface area contributed by atoms with Crippen LogP contribution in [0.25, 0.3) is 10.8 Å². The van der Waals surface area contributed by atoms with Crippen LogP contribution in [0.15, 0.2) is 48.8 Å². The summed E-state index contributed by atoms with van der Waals surface area (Å²) in [6, 6.07) is 12.5. The fourth-order valence-corrected chi connectivity index (χ4v) is 2.52. The first-order valence-electron chi connectivity index (χ1n) is 7.03. The maximum absolute atomic E-state index is 6.00. The van der Waals surface area contributed by atoms with E-state index < -0.39 is 0 Å². The minimum Gasteiger partial charge on any atom is -0.488 e. The molecule has 0 saturated carbocycles. The molecule has 0 fully saturated rings. The third-order valence-corrected chi connectivity index (χ3v) is 3.50. The lowest BCUT2D eigenvalue weighted by atomic mass is 10.0. The number of nitrogens with one attached hydrogen (secondary N) is 1. The molecule has 0 saturated heterocycles. The molecule has 0 amide bonds. The van der Waals surface area contributed by atoms with Gasteiger partial charge in [0, 0.05) is 30.9 Å². The molecule has 4 nitrogen and oxygen atoms in total. The highest BCUT2D eigenvalue weighted by molar-refractivity contribution is 5.87. The molecule has 21 heavy (non-hydrogen) atoms. The largest absolute Gasteiger partial charge is 0.488 e. The molecule has 0 aliphatic carbocycles. The van der Waals surface area contributed by atoms with Gasteiger partial charge in [-0.15, -0.1) is 0 Å². The molecule has 2 aromatic carbocycles. The summed E-state index contributed by atoms with van der Waals surface area (Å²) in [6.45, 7) is 1.31. The number of nitrogens with zero attached hydrogens (tertiary/aromatic N) is 2. The van der Waals surface area contributed by atoms with Crippen LogP contribution in [0.5, 0.6) is 5.75 Å². The minimum atomic E-state index is 0.531. The molecule has 1 aromatic heterocycles. The van der Waals surface area contributed by atoms with E-state index in [0.717, 1.165) is 17.9 Å². The van der Waals surface area contributed by atoms with Crippen LogP contribution in [0.3, 0.4) is 0 Å². The van der Waals surface area contributed by atoms with Crippen LogP contribution in [0.4, 0.5) is 0 Å². The van der Waals surface area contributed by atoms with Crippen LogP contribution >= 0.6 is 0 Å². The van der Waals surface area contributed by atoms with Crippen molar-refractivity contribution in [2.24, 2.45) is 7.05 Å². The van der Waals surface area contributed by atoms with Crippen molar-refractivity contribution in [1.82, 2.24) is 15.1 Å². The van der Waals surface area contributed by atoms with E-state index in [1.54, 1.807) is 4.68 Å². The van der Waals surface area contributed by atoms with Crippen LogP contribution in [-0.4, -0.2) is 16.8 Å². The van der Waals surface area contributed by atoms with Gasteiger partial charge in [0.05, 0.1) is 6.20 Å². The smallest absolute Gasteiger partial charge is 0.124 e. The highest BCUT2D eigenvalue weighted by Crippen LogP contribution is 2.28. The Morgan fingerprint density at radius 1 is 1.19 bits per heavy atom. The molecule has 1 N–H and O–H groups in total. The molecule has 0 aliphatic heterocycles. The number of rotatable bonds is 5. The summed E-state index contributed by atoms with van der Waals surface area (Å²) < 4.78 is 7.79. The molecule has 4 heteroatoms. The molecule has 0 radical (unpaired) electrons. The Hall–Kier alpha value is -2.33. The van der Waals surface area contributed by atoms with Gasteiger partial charge in [0.1, 0.15) is 12.4 Å². The molecular weight excluding hydrogens is 262 g/mol. The van der Waals surface area contributed by atoms with E-state index >= 15 is 0 Å². The quantitative estimate of drug-likeness (QED) is 0.781. The Labute approximate surface area is 124 Å². The fraction of sp³-hybridized carbons (Fsp3) is 0.235. The molecule has 3 aromatic rings. The average molecular weight is 281 g/mol. The summed E-state index contributed by atoms with van der Waals surface area (Å²) in [5, 5.41) is 9.85. The van der Waals surface area contributed by atoms with E-state index in [2.05, 4.69) is 40.7 Å². The lowest BCUT2D eigenvalue weighted by Crippen LogP contribution is -2.08. The summed E-state index contributed by atoms with van der Waals surface area (Å²) in [5.74, 6) is 0.923. The second-order valence-corrected chi connectivity index (χ2v) is 5.10. The summed E-state index contributed by atoms with van der Waals surface area (Å²) in [4.78, 5) is 0. The van der Waals surface area contributed by atoms with Gasteiger partial charge in [0.2, 0.25) is 0 Å². The summed E-state index contributed by atoms with van der Waals surface area (Å²) in [6.07, 6.45) is 3.80. The van der Waals surface area contributed by atoms with Crippen LogP contribution in [0.2, 0.25) is 0 Å². The van der Waals surface area contributed by atoms with Gasteiger partial charge < -0.3 is 10.1 Å². The van der Waals surface area contributed by atoms with E-state index in [-0.39, 0.29) is 0 Å². The zero-order valence-electron chi connectivity index (χ0n) is 12.3. The molecular formula is C17H19N3O. The third kappa shape index (κ3) is 2.90. The molecule has 1 heterocycles. The third-order valence-electron chi connectivity index (χ3n) is 3.50. The Morgan fingerprint density at radius 3 is 2.81 bits per heavy atom. The van der Waals surface area contributed by atoms with E-state index in [0.29, 0.717) is 6.61 Å². The number of hydrogen-bond donors (Lipinski definition) is 1. The van der Waals surface area contributed by atoms with Crippen molar-refractivity contribution in [3.05, 3.63) is 59.9 Å². The van der Waals surface area contributed by atoms with Gasteiger partial charge >= 0.3 is 0 Å². The molecule has 0 spiro atoms. The number of aryl methyl sites for hydroxylation is 1. The first-order valence-corrected chi connectivity index (χ1v) is 7.03. The van der Waals surface area contributed by atoms with Crippen molar-refractivity contribution in [3.8, 4) is 5.75 Å². The van der Waals surface area contributed by atoms with E-state index in [1.165, 1.54) is 16.3 Å². The van der Waals surface area contributed by atoms with Crippen molar-refractivity contribution in [2.75, 3.05) is 7.05 Å². The number of benzene rings is 2. The van der Waals surface area contributed by atoms with Crippen LogP contribution in [0.1, 0.15) is 11.1 Å². The van der Waals surface area contributed by atoms with E-state index in [4.69, 9.17) is 4.74 Å². The van der Waals surface area contributed by atoms with E-state index in [9.17, 15) is 0 Å². The summed E-state index contributed by atoms with van der Waals surface area (Å²) in [5.41, 5.74) is 2.26. The molecule has 0 aliphatic rings. The van der Waals surface area contributed by atoms with E-state index in [1.807, 2.05) is 32.6 Å². The standard InChI is InChI=1S/C17H19N3O/c1-18-10-16-15-6-4-3-5-14(15)7-8-17(16)21-12-13-9-19-20(2)11-13/h3-9,11,18H,10,12H2,1-2H3. The minimum absolute atomic E-state index is 0.531. The molecule has 0 atom stereocenters. The van der Waals surface area contributed by atoms with Crippen molar-refractivity contribution in [2.45, 2.75) is 13.2 Å². The van der Waals surface area contributed by atoms with Crippen LogP contribution < -0.4 is 10.1 Å². The lowest BCUT2D eigenvalue weighted by Gasteiger charge is -2.13. The van der Waals surface area contributed by atoms with Gasteiger partial charge in [0.25, 0.3) is 0 Å². The van der Waals surface area contributed by atoms with Gasteiger partial charge in [0.15, 0.2) is 0 Å². The van der Waals surface area contributed by atoms with Crippen LogP contribution in [0, 0.1) is 0 Å². The fourth-order valence-electron chi connectivity index (χ4n) is 2.52. The number of hydrogen-bond acceptors (Lipinski definition) is 3. The summed E-state index contributed by atoms with van der Waals surface area (Å²) in [7, 11) is 3.86. The second-order valence-electron chi connectivity index (χ2n) is 5.10.